The van der Waals surface area contributed by atoms with E-state index < -0.39 is 0 Å². The van der Waals surface area contributed by atoms with Crippen molar-refractivity contribution < 1.29 is 4.74 Å². The van der Waals surface area contributed by atoms with Crippen molar-refractivity contribution in [3.63, 3.8) is 0 Å². The fourth-order valence-electron chi connectivity index (χ4n) is 1.06. The van der Waals surface area contributed by atoms with Crippen LogP contribution >= 0.6 is 11.6 Å². The molecule has 0 bridgehead atoms. The molecule has 0 fully saturated rings. The number of nitrogens with two attached hydrogens (primary N) is 1. The van der Waals surface area contributed by atoms with Gasteiger partial charge in [0, 0.05) is 5.69 Å². The Kier molecular flexibility index (Phi) is 2.87. The van der Waals surface area contributed by atoms with Crippen LogP contribution < -0.4 is 10.5 Å². The van der Waals surface area contributed by atoms with Crippen LogP contribution in [0.1, 0.15) is 5.69 Å². The second kappa shape index (κ2) is 4.32. The summed E-state index contributed by atoms with van der Waals surface area (Å²) >= 11 is 5.63. The van der Waals surface area contributed by atoms with Gasteiger partial charge >= 0.3 is 0 Å². The molecule has 0 atom stereocenters. The first-order valence-electron chi connectivity index (χ1n) is 4.53. The van der Waals surface area contributed by atoms with Crippen LogP contribution in [0.15, 0.2) is 24.5 Å². The maximum Gasteiger partial charge on any atom is 0.247 e. The molecule has 2 aromatic heterocycles. The second-order valence-corrected chi connectivity index (χ2v) is 3.47. The van der Waals surface area contributed by atoms with Crippen LogP contribution in [0.25, 0.3) is 0 Å². The molecule has 0 radical (unpaired) electrons. The molecule has 2 N–H and O–H groups in total. The fourth-order valence-corrected chi connectivity index (χ4v) is 1.19. The molecule has 0 aliphatic rings. The predicted molar refractivity (Wildman–Crippen MR) is 60.5 cm³/mol. The number of anilines is 1. The molecule has 2 heterocycles. The Morgan fingerprint density at radius 1 is 1.25 bits per heavy atom. The highest BCUT2D eigenvalue weighted by Crippen LogP contribution is 2.24. The van der Waals surface area contributed by atoms with Crippen LogP contribution in [0.2, 0.25) is 5.28 Å². The van der Waals surface area contributed by atoms with Crippen molar-refractivity contribution in [1.29, 1.82) is 0 Å². The lowest BCUT2D eigenvalue weighted by molar-refractivity contribution is 0.462. The molecular formula is C10H9ClN4O. The number of aromatic nitrogens is 3. The topological polar surface area (TPSA) is 73.9 Å². The fraction of sp³-hybridized carbons (Fsp3) is 0.100. The van der Waals surface area contributed by atoms with Crippen molar-refractivity contribution in [3.8, 4) is 11.6 Å². The molecule has 0 spiro atoms. The summed E-state index contributed by atoms with van der Waals surface area (Å²) in [6.07, 6.45) is 2.98. The van der Waals surface area contributed by atoms with E-state index >= 15 is 0 Å². The van der Waals surface area contributed by atoms with E-state index in [1.54, 1.807) is 12.3 Å². The first-order valence-corrected chi connectivity index (χ1v) is 4.91. The van der Waals surface area contributed by atoms with Gasteiger partial charge in [0.1, 0.15) is 11.4 Å². The zero-order chi connectivity index (χ0) is 11.5. The number of rotatable bonds is 2. The summed E-state index contributed by atoms with van der Waals surface area (Å²) < 4.78 is 5.42. The number of ether oxygens (including phenoxy) is 1. The molecule has 2 rings (SSSR count). The number of pyridine rings is 1. The highest BCUT2D eigenvalue weighted by atomic mass is 35.5. The molecule has 0 saturated heterocycles. The van der Waals surface area contributed by atoms with E-state index in [1.807, 2.05) is 13.0 Å². The summed E-state index contributed by atoms with van der Waals surface area (Å²) in [6, 6.07) is 3.60. The van der Waals surface area contributed by atoms with Gasteiger partial charge in [0.2, 0.25) is 11.2 Å². The quantitative estimate of drug-likeness (QED) is 0.810. The first-order chi connectivity index (χ1) is 7.65. The minimum atomic E-state index is 0.0873. The van der Waals surface area contributed by atoms with E-state index in [0.29, 0.717) is 11.4 Å². The summed E-state index contributed by atoms with van der Waals surface area (Å²) in [5.74, 6) is 0.776. The molecule has 0 saturated carbocycles. The van der Waals surface area contributed by atoms with E-state index in [1.165, 1.54) is 6.20 Å². The smallest absolute Gasteiger partial charge is 0.247 e. The number of hydrogen-bond acceptors (Lipinski definition) is 5. The van der Waals surface area contributed by atoms with Crippen LogP contribution in [-0.4, -0.2) is 15.0 Å². The lowest BCUT2D eigenvalue weighted by atomic mass is 10.4. The average molecular weight is 237 g/mol. The minimum absolute atomic E-state index is 0.0873. The van der Waals surface area contributed by atoms with Crippen molar-refractivity contribution in [1.82, 2.24) is 15.0 Å². The third-order valence-electron chi connectivity index (χ3n) is 1.85. The second-order valence-electron chi connectivity index (χ2n) is 3.14. The normalized spacial score (nSPS) is 10.1. The Hall–Kier alpha value is -1.88. The standard InChI is InChI=1S/C10H9ClN4O/c1-6-2-3-7(4-13-6)16-9-8(12)5-14-10(11)15-9/h2-5H,12H2,1H3. The Bertz CT molecular complexity index is 501. The van der Waals surface area contributed by atoms with Crippen molar-refractivity contribution in [2.75, 3.05) is 5.73 Å². The average Bonchev–Trinajstić information content (AvgIpc) is 2.27. The lowest BCUT2D eigenvalue weighted by Crippen LogP contribution is -1.97. The highest BCUT2D eigenvalue weighted by molar-refractivity contribution is 6.28. The molecule has 0 amide bonds. The summed E-state index contributed by atoms with van der Waals surface area (Å²) in [5.41, 5.74) is 6.87. The molecule has 0 aliphatic heterocycles. The lowest BCUT2D eigenvalue weighted by Gasteiger charge is -2.06. The van der Waals surface area contributed by atoms with Crippen LogP contribution in [0.3, 0.4) is 0 Å². The zero-order valence-electron chi connectivity index (χ0n) is 8.51. The number of nitrogens with zero attached hydrogens (tertiary/aromatic N) is 3. The molecule has 16 heavy (non-hydrogen) atoms. The van der Waals surface area contributed by atoms with Gasteiger partial charge in [-0.25, -0.2) is 4.98 Å². The molecule has 0 aromatic carbocycles. The molecule has 2 aromatic rings. The van der Waals surface area contributed by atoms with Crippen LogP contribution in [0, 0.1) is 6.92 Å². The predicted octanol–water partition coefficient (Wildman–Crippen LogP) is 2.21. The molecule has 0 unspecified atom stereocenters. The Labute approximate surface area is 97.3 Å². The highest BCUT2D eigenvalue weighted by Gasteiger charge is 2.05. The monoisotopic (exact) mass is 236 g/mol. The van der Waals surface area contributed by atoms with E-state index in [-0.39, 0.29) is 11.2 Å². The third kappa shape index (κ3) is 2.38. The van der Waals surface area contributed by atoms with Crippen molar-refractivity contribution in [2.45, 2.75) is 6.92 Å². The maximum atomic E-state index is 5.64. The van der Waals surface area contributed by atoms with Gasteiger partial charge in [0.05, 0.1) is 12.4 Å². The third-order valence-corrected chi connectivity index (χ3v) is 2.03. The maximum absolute atomic E-state index is 5.64. The van der Waals surface area contributed by atoms with Gasteiger partial charge < -0.3 is 10.5 Å². The minimum Gasteiger partial charge on any atom is -0.435 e. The van der Waals surface area contributed by atoms with Crippen molar-refractivity contribution >= 4 is 17.3 Å². The number of halogens is 1. The summed E-state index contributed by atoms with van der Waals surface area (Å²) in [6.45, 7) is 1.89. The van der Waals surface area contributed by atoms with Gasteiger partial charge in [-0.1, -0.05) is 0 Å². The van der Waals surface area contributed by atoms with Crippen LogP contribution in [0.5, 0.6) is 11.6 Å². The van der Waals surface area contributed by atoms with E-state index in [9.17, 15) is 0 Å². The van der Waals surface area contributed by atoms with Gasteiger partial charge in [-0.05, 0) is 30.7 Å². The van der Waals surface area contributed by atoms with Gasteiger partial charge in [-0.15, -0.1) is 0 Å². The number of nitrogen functional groups attached to an aromatic ring is 1. The van der Waals surface area contributed by atoms with Crippen LogP contribution in [0.4, 0.5) is 5.69 Å². The Morgan fingerprint density at radius 3 is 2.75 bits per heavy atom. The molecular weight excluding hydrogens is 228 g/mol. The Balaban J connectivity index is 2.26. The van der Waals surface area contributed by atoms with Gasteiger partial charge in [-0.2, -0.15) is 4.98 Å². The SMILES string of the molecule is Cc1ccc(Oc2nc(Cl)ncc2N)cn1. The van der Waals surface area contributed by atoms with Gasteiger partial charge in [0.15, 0.2) is 0 Å². The number of hydrogen-bond donors (Lipinski definition) is 1. The van der Waals surface area contributed by atoms with Gasteiger partial charge in [-0.3, -0.25) is 4.98 Å². The Morgan fingerprint density at radius 2 is 2.06 bits per heavy atom. The molecule has 0 aliphatic carbocycles. The summed E-state index contributed by atoms with van der Waals surface area (Å²) in [7, 11) is 0. The van der Waals surface area contributed by atoms with E-state index in [0.717, 1.165) is 5.69 Å². The van der Waals surface area contributed by atoms with Crippen LogP contribution in [-0.2, 0) is 0 Å². The largest absolute Gasteiger partial charge is 0.435 e. The van der Waals surface area contributed by atoms with E-state index in [4.69, 9.17) is 22.1 Å². The van der Waals surface area contributed by atoms with Gasteiger partial charge in [0.25, 0.3) is 0 Å². The first kappa shape index (κ1) is 10.6. The summed E-state index contributed by atoms with van der Waals surface area (Å²) in [5, 5.41) is 0.0873. The van der Waals surface area contributed by atoms with Crippen molar-refractivity contribution in [2.24, 2.45) is 0 Å². The molecule has 82 valence electrons. The summed E-state index contributed by atoms with van der Waals surface area (Å²) in [4.78, 5) is 11.7. The zero-order valence-corrected chi connectivity index (χ0v) is 9.27. The molecule has 6 heteroatoms. The molecule has 5 nitrogen and oxygen atoms in total. The van der Waals surface area contributed by atoms with Crippen molar-refractivity contribution in [3.05, 3.63) is 35.5 Å². The van der Waals surface area contributed by atoms with E-state index in [2.05, 4.69) is 15.0 Å². The number of aryl methyl sites for hydroxylation is 1.